The van der Waals surface area contributed by atoms with Gasteiger partial charge in [0, 0.05) is 11.8 Å². The van der Waals surface area contributed by atoms with Crippen molar-refractivity contribution >= 4 is 23.3 Å². The van der Waals surface area contributed by atoms with E-state index in [1.807, 2.05) is 6.92 Å². The maximum Gasteiger partial charge on any atom is 0.238 e. The zero-order valence-electron chi connectivity index (χ0n) is 10.2. The number of aromatic nitrogens is 1. The molecule has 5 heteroatoms. The number of piperidine rings is 1. The van der Waals surface area contributed by atoms with E-state index in [1.165, 1.54) is 11.1 Å². The van der Waals surface area contributed by atoms with E-state index in [1.54, 1.807) is 6.07 Å². The molecule has 3 rings (SSSR count). The minimum absolute atomic E-state index is 0.00707. The molecular weight excluding hydrogens is 230 g/mol. The topological polar surface area (TPSA) is 76.3 Å². The third-order valence-corrected chi connectivity index (χ3v) is 3.94. The molecular formula is C13H15N3O2. The minimum Gasteiger partial charge on any atom is -0.397 e. The fraction of sp³-hybridized carbons (Fsp3) is 0.462. The molecule has 2 unspecified atom stereocenters. The molecule has 0 radical (unpaired) electrons. The van der Waals surface area contributed by atoms with Crippen molar-refractivity contribution in [1.29, 1.82) is 0 Å². The van der Waals surface area contributed by atoms with Gasteiger partial charge in [-0.3, -0.25) is 9.59 Å². The average Bonchev–Trinajstić information content (AvgIpc) is 2.78. The summed E-state index contributed by atoms with van der Waals surface area (Å²) < 4.78 is 0. The van der Waals surface area contributed by atoms with Crippen LogP contribution in [0, 0.1) is 18.8 Å². The van der Waals surface area contributed by atoms with Crippen LogP contribution in [0.2, 0.25) is 0 Å². The second-order valence-corrected chi connectivity index (χ2v) is 5.12. The molecule has 94 valence electrons. The van der Waals surface area contributed by atoms with Crippen molar-refractivity contribution in [3.63, 3.8) is 0 Å². The van der Waals surface area contributed by atoms with Crippen LogP contribution in [0.4, 0.5) is 11.5 Å². The smallest absolute Gasteiger partial charge is 0.238 e. The van der Waals surface area contributed by atoms with Gasteiger partial charge in [0.15, 0.2) is 0 Å². The van der Waals surface area contributed by atoms with Gasteiger partial charge in [-0.2, -0.15) is 0 Å². The number of nitrogens with two attached hydrogens (primary N) is 1. The minimum atomic E-state index is -0.106. The molecule has 2 heterocycles. The van der Waals surface area contributed by atoms with Crippen LogP contribution in [-0.4, -0.2) is 16.8 Å². The highest BCUT2D eigenvalue weighted by molar-refractivity contribution is 6.18. The lowest BCUT2D eigenvalue weighted by Crippen LogP contribution is -2.46. The van der Waals surface area contributed by atoms with E-state index in [4.69, 9.17) is 5.73 Å². The molecule has 1 saturated carbocycles. The Morgan fingerprint density at radius 2 is 1.89 bits per heavy atom. The van der Waals surface area contributed by atoms with Crippen LogP contribution >= 0.6 is 0 Å². The third kappa shape index (κ3) is 1.50. The Balaban J connectivity index is 2.02. The Hall–Kier alpha value is -1.91. The lowest BCUT2D eigenvalue weighted by Gasteiger charge is -2.29. The summed E-state index contributed by atoms with van der Waals surface area (Å²) in [5.74, 6) is 0.184. The first kappa shape index (κ1) is 11.2. The number of carbonyl (C=O) groups excluding carboxylic acids is 2. The Bertz CT molecular complexity index is 519. The van der Waals surface area contributed by atoms with Gasteiger partial charge in [-0.1, -0.05) is 0 Å². The van der Waals surface area contributed by atoms with Crippen molar-refractivity contribution in [2.75, 3.05) is 10.6 Å². The summed E-state index contributed by atoms with van der Waals surface area (Å²) in [5.41, 5.74) is 7.10. The molecule has 2 amide bonds. The van der Waals surface area contributed by atoms with Gasteiger partial charge >= 0.3 is 0 Å². The summed E-state index contributed by atoms with van der Waals surface area (Å²) in [7, 11) is 0. The van der Waals surface area contributed by atoms with Crippen LogP contribution in [0.25, 0.3) is 0 Å². The first-order valence-corrected chi connectivity index (χ1v) is 6.18. The summed E-state index contributed by atoms with van der Waals surface area (Å²) in [6.45, 7) is 1.84. The second kappa shape index (κ2) is 3.80. The van der Waals surface area contributed by atoms with Gasteiger partial charge in [-0.05, 0) is 37.8 Å². The number of nitrogen functional groups attached to an aromatic ring is 1. The van der Waals surface area contributed by atoms with Crippen molar-refractivity contribution in [3.05, 3.63) is 17.8 Å². The molecule has 5 nitrogen and oxygen atoms in total. The van der Waals surface area contributed by atoms with E-state index in [0.717, 1.165) is 18.4 Å². The summed E-state index contributed by atoms with van der Waals surface area (Å²) in [6.07, 6.45) is 3.85. The van der Waals surface area contributed by atoms with Gasteiger partial charge in [-0.15, -0.1) is 0 Å². The van der Waals surface area contributed by atoms with Gasteiger partial charge in [0.25, 0.3) is 0 Å². The summed E-state index contributed by atoms with van der Waals surface area (Å²) in [4.78, 5) is 29.8. The number of hydrogen-bond acceptors (Lipinski definition) is 4. The molecule has 0 aromatic carbocycles. The van der Waals surface area contributed by atoms with Crippen molar-refractivity contribution in [1.82, 2.24) is 4.98 Å². The fourth-order valence-electron chi connectivity index (χ4n) is 2.80. The highest BCUT2D eigenvalue weighted by atomic mass is 16.2. The van der Waals surface area contributed by atoms with Crippen LogP contribution in [0.1, 0.15) is 24.8 Å². The third-order valence-electron chi connectivity index (χ3n) is 3.94. The van der Waals surface area contributed by atoms with E-state index in [-0.39, 0.29) is 23.7 Å². The standard InChI is InChI=1S/C13H15N3O2/c1-7-4-11(15-6-10(7)14)16-12(17)8-2-3-9(5-8)13(16)18/h4,6,8-9H,2-3,5,14H2,1H3. The van der Waals surface area contributed by atoms with Crippen LogP contribution in [0.5, 0.6) is 0 Å². The first-order valence-electron chi connectivity index (χ1n) is 6.18. The molecule has 1 aliphatic carbocycles. The molecule has 2 N–H and O–H groups in total. The van der Waals surface area contributed by atoms with Gasteiger partial charge in [-0.25, -0.2) is 9.88 Å². The molecule has 2 fully saturated rings. The van der Waals surface area contributed by atoms with E-state index in [9.17, 15) is 9.59 Å². The second-order valence-electron chi connectivity index (χ2n) is 5.12. The van der Waals surface area contributed by atoms with E-state index in [2.05, 4.69) is 4.98 Å². The zero-order chi connectivity index (χ0) is 12.9. The van der Waals surface area contributed by atoms with Gasteiger partial charge in [0.2, 0.25) is 11.8 Å². The van der Waals surface area contributed by atoms with Gasteiger partial charge in [0.05, 0.1) is 11.9 Å². The van der Waals surface area contributed by atoms with Crippen LogP contribution in [-0.2, 0) is 9.59 Å². The van der Waals surface area contributed by atoms with Gasteiger partial charge in [0.1, 0.15) is 5.82 Å². The lowest BCUT2D eigenvalue weighted by atomic mass is 9.97. The number of hydrogen-bond donors (Lipinski definition) is 1. The predicted octanol–water partition coefficient (Wildman–Crippen LogP) is 1.26. The van der Waals surface area contributed by atoms with Crippen molar-refractivity contribution < 1.29 is 9.59 Å². The molecule has 2 atom stereocenters. The summed E-state index contributed by atoms with van der Waals surface area (Å²) in [6, 6.07) is 1.70. The molecule has 0 spiro atoms. The quantitative estimate of drug-likeness (QED) is 0.756. The average molecular weight is 245 g/mol. The summed E-state index contributed by atoms with van der Waals surface area (Å²) in [5, 5.41) is 0. The van der Waals surface area contributed by atoms with E-state index in [0.29, 0.717) is 17.9 Å². The van der Waals surface area contributed by atoms with Crippen LogP contribution < -0.4 is 10.6 Å². The molecule has 1 aliphatic heterocycles. The Labute approximate surface area is 105 Å². The number of imide groups is 1. The number of rotatable bonds is 1. The fourth-order valence-corrected chi connectivity index (χ4v) is 2.80. The number of aryl methyl sites for hydroxylation is 1. The number of fused-ring (bicyclic) bond motifs is 2. The molecule has 18 heavy (non-hydrogen) atoms. The monoisotopic (exact) mass is 245 g/mol. The predicted molar refractivity (Wildman–Crippen MR) is 66.7 cm³/mol. The number of nitrogens with zero attached hydrogens (tertiary/aromatic N) is 2. The highest BCUT2D eigenvalue weighted by Gasteiger charge is 2.46. The maximum absolute atomic E-state index is 12.2. The van der Waals surface area contributed by atoms with Crippen molar-refractivity contribution in [2.45, 2.75) is 26.2 Å². The lowest BCUT2D eigenvalue weighted by molar-refractivity contribution is -0.133. The van der Waals surface area contributed by atoms with E-state index >= 15 is 0 Å². The number of anilines is 2. The highest BCUT2D eigenvalue weighted by Crippen LogP contribution is 2.39. The van der Waals surface area contributed by atoms with Gasteiger partial charge < -0.3 is 5.73 Å². The molecule has 2 aliphatic rings. The SMILES string of the molecule is Cc1cc(N2C(=O)C3CCC(C3)C2=O)ncc1N. The Morgan fingerprint density at radius 3 is 2.44 bits per heavy atom. The Morgan fingerprint density at radius 1 is 1.28 bits per heavy atom. The summed E-state index contributed by atoms with van der Waals surface area (Å²) >= 11 is 0. The van der Waals surface area contributed by atoms with E-state index < -0.39 is 0 Å². The Kier molecular flexibility index (Phi) is 2.36. The zero-order valence-corrected chi connectivity index (χ0v) is 10.2. The van der Waals surface area contributed by atoms with Crippen molar-refractivity contribution in [2.24, 2.45) is 11.8 Å². The first-order chi connectivity index (χ1) is 8.58. The largest absolute Gasteiger partial charge is 0.397 e. The number of carbonyl (C=O) groups is 2. The normalized spacial score (nSPS) is 26.8. The van der Waals surface area contributed by atoms with Crippen molar-refractivity contribution in [3.8, 4) is 0 Å². The molecule has 1 aromatic heterocycles. The molecule has 1 saturated heterocycles. The van der Waals surface area contributed by atoms with Crippen LogP contribution in [0.3, 0.4) is 0 Å². The number of amides is 2. The van der Waals surface area contributed by atoms with Crippen LogP contribution in [0.15, 0.2) is 12.3 Å². The number of pyridine rings is 1. The molecule has 2 bridgehead atoms. The molecule has 1 aromatic rings. The maximum atomic E-state index is 12.2.